The lowest BCUT2D eigenvalue weighted by molar-refractivity contribution is 0.0507. The third-order valence-electron chi connectivity index (χ3n) is 5.25. The quantitative estimate of drug-likeness (QED) is 0.271. The largest absolute Gasteiger partial charge is 0.467 e. The summed E-state index contributed by atoms with van der Waals surface area (Å²) in [4.78, 5) is 19.4. The Morgan fingerprint density at radius 2 is 1.77 bits per heavy atom. The maximum atomic E-state index is 13.4. The molecule has 1 amide bonds. The van der Waals surface area contributed by atoms with E-state index in [1.54, 1.807) is 37.2 Å². The number of benzene rings is 2. The first-order valence-corrected chi connectivity index (χ1v) is 12.3. The highest BCUT2D eigenvalue weighted by molar-refractivity contribution is 7.90. The van der Waals surface area contributed by atoms with Crippen LogP contribution >= 0.6 is 0 Å². The Morgan fingerprint density at radius 3 is 2.40 bits per heavy atom. The average Bonchev–Trinajstić information content (AvgIpc) is 3.25. The maximum Gasteiger partial charge on any atom is 0.269 e. The fraction of sp³-hybridized carbons (Fsp3) is 0.280. The van der Waals surface area contributed by atoms with Crippen molar-refractivity contribution in [1.29, 1.82) is 0 Å². The summed E-state index contributed by atoms with van der Waals surface area (Å²) in [5.41, 5.74) is 3.16. The summed E-state index contributed by atoms with van der Waals surface area (Å²) in [6.07, 6.45) is 2.78. The van der Waals surface area contributed by atoms with Gasteiger partial charge in [-0.25, -0.2) is 17.4 Å². The molecule has 0 fully saturated rings. The summed E-state index contributed by atoms with van der Waals surface area (Å²) < 4.78 is 38.3. The van der Waals surface area contributed by atoms with Gasteiger partial charge >= 0.3 is 0 Å². The van der Waals surface area contributed by atoms with Crippen molar-refractivity contribution in [2.45, 2.75) is 25.7 Å². The van der Waals surface area contributed by atoms with Crippen LogP contribution in [0.4, 0.5) is 11.5 Å². The molecule has 0 aliphatic carbocycles. The highest BCUT2D eigenvalue weighted by Gasteiger charge is 2.25. The minimum atomic E-state index is -3.98. The molecule has 3 aromatic rings. The molecule has 2 aromatic carbocycles. The topological polar surface area (TPSA) is 102 Å². The monoisotopic (exact) mass is 498 g/mol. The summed E-state index contributed by atoms with van der Waals surface area (Å²) >= 11 is 0. The number of anilines is 1. The summed E-state index contributed by atoms with van der Waals surface area (Å²) in [6, 6.07) is 11.6. The van der Waals surface area contributed by atoms with Crippen molar-refractivity contribution < 1.29 is 22.7 Å². The highest BCUT2D eigenvalue weighted by atomic mass is 32.2. The number of ether oxygens (including phenoxy) is 2. The second kappa shape index (κ2) is 10.7. The zero-order valence-corrected chi connectivity index (χ0v) is 21.5. The number of methoxy groups -OCH3 is 1. The van der Waals surface area contributed by atoms with Gasteiger partial charge in [0.25, 0.3) is 15.9 Å². The van der Waals surface area contributed by atoms with E-state index in [1.807, 2.05) is 26.8 Å². The lowest BCUT2D eigenvalue weighted by Gasteiger charge is -2.16. The van der Waals surface area contributed by atoms with Crippen LogP contribution in [-0.2, 0) is 14.8 Å². The first-order valence-electron chi connectivity index (χ1n) is 10.8. The smallest absolute Gasteiger partial charge is 0.269 e. The Hall–Kier alpha value is -3.63. The van der Waals surface area contributed by atoms with Gasteiger partial charge in [-0.3, -0.25) is 4.79 Å². The van der Waals surface area contributed by atoms with Crippen molar-refractivity contribution in [3.8, 4) is 5.75 Å². The van der Waals surface area contributed by atoms with Crippen LogP contribution in [0.2, 0.25) is 0 Å². The Bertz CT molecular complexity index is 1340. The molecule has 10 heteroatoms. The third-order valence-corrected chi connectivity index (χ3v) is 6.93. The molecule has 0 radical (unpaired) electrons. The van der Waals surface area contributed by atoms with Crippen LogP contribution in [0, 0.1) is 20.8 Å². The minimum Gasteiger partial charge on any atom is -0.467 e. The van der Waals surface area contributed by atoms with Crippen LogP contribution in [0.1, 0.15) is 27.0 Å². The molecule has 0 bridgehead atoms. The van der Waals surface area contributed by atoms with E-state index in [1.165, 1.54) is 37.8 Å². The van der Waals surface area contributed by atoms with Crippen molar-refractivity contribution in [3.63, 3.8) is 0 Å². The van der Waals surface area contributed by atoms with Crippen LogP contribution in [0.15, 0.2) is 58.5 Å². The van der Waals surface area contributed by atoms with E-state index in [0.717, 1.165) is 20.7 Å². The fourth-order valence-electron chi connectivity index (χ4n) is 3.38. The molecule has 186 valence electrons. The molecule has 3 rings (SSSR count). The molecule has 35 heavy (non-hydrogen) atoms. The normalized spacial score (nSPS) is 11.6. The second-order valence-electron chi connectivity index (χ2n) is 8.26. The van der Waals surface area contributed by atoms with Crippen molar-refractivity contribution in [2.75, 3.05) is 33.3 Å². The lowest BCUT2D eigenvalue weighted by atomic mass is 10.1. The van der Waals surface area contributed by atoms with Gasteiger partial charge in [-0.15, -0.1) is 0 Å². The van der Waals surface area contributed by atoms with Crippen LogP contribution in [-0.4, -0.2) is 57.5 Å². The van der Waals surface area contributed by atoms with Gasteiger partial charge in [0, 0.05) is 33.0 Å². The summed E-state index contributed by atoms with van der Waals surface area (Å²) in [5, 5.41) is 2.90. The van der Waals surface area contributed by atoms with Crippen LogP contribution in [0.5, 0.6) is 5.75 Å². The van der Waals surface area contributed by atoms with E-state index >= 15 is 0 Å². The van der Waals surface area contributed by atoms with E-state index in [4.69, 9.17) is 9.47 Å². The Balaban J connectivity index is 2.05. The SMILES string of the molecule is COCOc1ccc(C)c(NC(=O)c2ccn(S(=O)(=O)c3ccc(C)cc3)c2N=CN(C)C)c1C. The number of aliphatic imine (C=N–C) groups is 1. The number of aromatic nitrogens is 1. The predicted octanol–water partition coefficient (Wildman–Crippen LogP) is 4.11. The molecule has 1 aromatic heterocycles. The molecule has 0 spiro atoms. The molecule has 0 unspecified atom stereocenters. The molecule has 0 atom stereocenters. The lowest BCUT2D eigenvalue weighted by Crippen LogP contribution is -2.16. The Kier molecular flexibility index (Phi) is 7.98. The van der Waals surface area contributed by atoms with Crippen molar-refractivity contribution in [1.82, 2.24) is 8.87 Å². The van der Waals surface area contributed by atoms with Crippen molar-refractivity contribution in [3.05, 3.63) is 70.9 Å². The second-order valence-corrected chi connectivity index (χ2v) is 10.1. The highest BCUT2D eigenvalue weighted by Crippen LogP contribution is 2.32. The number of aryl methyl sites for hydroxylation is 2. The van der Waals surface area contributed by atoms with Crippen LogP contribution in [0.25, 0.3) is 0 Å². The van der Waals surface area contributed by atoms with Crippen LogP contribution < -0.4 is 10.1 Å². The fourth-order valence-corrected chi connectivity index (χ4v) is 4.68. The van der Waals surface area contributed by atoms with Gasteiger partial charge in [0.15, 0.2) is 12.6 Å². The summed E-state index contributed by atoms with van der Waals surface area (Å²) in [7, 11) is 1.05. The molecule has 0 saturated heterocycles. The van der Waals surface area contributed by atoms with Gasteiger partial charge in [0.2, 0.25) is 0 Å². The number of nitrogens with one attached hydrogen (secondary N) is 1. The van der Waals surface area contributed by atoms with E-state index in [2.05, 4.69) is 10.3 Å². The summed E-state index contributed by atoms with van der Waals surface area (Å²) in [6.45, 7) is 5.63. The Morgan fingerprint density at radius 1 is 1.09 bits per heavy atom. The van der Waals surface area contributed by atoms with E-state index in [0.29, 0.717) is 11.4 Å². The zero-order valence-electron chi connectivity index (χ0n) is 20.7. The van der Waals surface area contributed by atoms with E-state index < -0.39 is 15.9 Å². The number of hydrogen-bond donors (Lipinski definition) is 1. The van der Waals surface area contributed by atoms with Crippen LogP contribution in [0.3, 0.4) is 0 Å². The molecule has 9 nitrogen and oxygen atoms in total. The van der Waals surface area contributed by atoms with Gasteiger partial charge in [-0.1, -0.05) is 23.8 Å². The minimum absolute atomic E-state index is 0.00105. The number of rotatable bonds is 9. The van der Waals surface area contributed by atoms with Gasteiger partial charge in [0.05, 0.1) is 22.5 Å². The number of carbonyl (C=O) groups excluding carboxylic acids is 1. The molecule has 1 heterocycles. The van der Waals surface area contributed by atoms with Gasteiger partial charge < -0.3 is 19.7 Å². The van der Waals surface area contributed by atoms with Crippen molar-refractivity contribution in [2.24, 2.45) is 4.99 Å². The van der Waals surface area contributed by atoms with Crippen molar-refractivity contribution >= 4 is 33.8 Å². The molecular formula is C25H30N4O5S. The average molecular weight is 499 g/mol. The molecular weight excluding hydrogens is 468 g/mol. The van der Waals surface area contributed by atoms with Gasteiger partial charge in [-0.2, -0.15) is 0 Å². The molecule has 0 aliphatic rings. The Labute approximate surface area is 206 Å². The summed E-state index contributed by atoms with van der Waals surface area (Å²) in [5.74, 6) is 0.0702. The number of carbonyl (C=O) groups is 1. The maximum absolute atomic E-state index is 13.4. The first kappa shape index (κ1) is 26.0. The predicted molar refractivity (Wildman–Crippen MR) is 136 cm³/mol. The molecule has 1 N–H and O–H groups in total. The standard InChI is InChI=1S/C25H30N4O5S/c1-17-7-10-20(11-8-17)35(31,32)29-14-13-21(24(29)26-15-28(4)5)25(30)27-23-18(2)9-12-22(19(23)3)34-16-33-6/h7-15H,16H2,1-6H3,(H,27,30). The number of nitrogens with zero attached hydrogens (tertiary/aromatic N) is 3. The molecule has 0 saturated carbocycles. The van der Waals surface area contributed by atoms with Gasteiger partial charge in [0.1, 0.15) is 5.75 Å². The van der Waals surface area contributed by atoms with E-state index in [-0.39, 0.29) is 23.1 Å². The number of hydrogen-bond acceptors (Lipinski definition) is 6. The molecule has 0 aliphatic heterocycles. The van der Waals surface area contributed by atoms with E-state index in [9.17, 15) is 13.2 Å². The number of amides is 1. The van der Waals surface area contributed by atoms with Gasteiger partial charge in [-0.05, 0) is 50.6 Å². The third kappa shape index (κ3) is 5.72. The first-order chi connectivity index (χ1) is 16.6. The zero-order chi connectivity index (χ0) is 25.8.